The molecule has 6 nitrogen and oxygen atoms in total. The standard InChI is InChI=1S/C14H22N2O4S/c1-10(4-5-17)9-16-21(18,19)13-8-12(15)7-11-3-2-6-20-14(11)13/h7-8,10,16-17H,2-6,9,15H2,1H3. The lowest BCUT2D eigenvalue weighted by atomic mass is 10.1. The van der Waals surface area contributed by atoms with Gasteiger partial charge in [0.2, 0.25) is 10.0 Å². The van der Waals surface area contributed by atoms with Crippen LogP contribution in [0.15, 0.2) is 17.0 Å². The van der Waals surface area contributed by atoms with Crippen LogP contribution in [0.4, 0.5) is 5.69 Å². The van der Waals surface area contributed by atoms with Gasteiger partial charge in [-0.15, -0.1) is 0 Å². The maximum Gasteiger partial charge on any atom is 0.244 e. The van der Waals surface area contributed by atoms with Gasteiger partial charge in [0.05, 0.1) is 6.61 Å². The van der Waals surface area contributed by atoms with E-state index in [-0.39, 0.29) is 24.0 Å². The molecule has 1 heterocycles. The predicted molar refractivity (Wildman–Crippen MR) is 80.7 cm³/mol. The molecule has 4 N–H and O–H groups in total. The molecule has 0 saturated carbocycles. The van der Waals surface area contributed by atoms with Crippen LogP contribution in [0.25, 0.3) is 0 Å². The van der Waals surface area contributed by atoms with E-state index in [1.165, 1.54) is 6.07 Å². The van der Waals surface area contributed by atoms with Gasteiger partial charge in [0.15, 0.2) is 0 Å². The summed E-state index contributed by atoms with van der Waals surface area (Å²) in [5.74, 6) is 0.473. The van der Waals surface area contributed by atoms with Crippen molar-refractivity contribution in [2.75, 3.05) is 25.5 Å². The molecule has 21 heavy (non-hydrogen) atoms. The van der Waals surface area contributed by atoms with Crippen molar-refractivity contribution in [3.63, 3.8) is 0 Å². The van der Waals surface area contributed by atoms with Crippen molar-refractivity contribution in [1.82, 2.24) is 4.72 Å². The highest BCUT2D eigenvalue weighted by molar-refractivity contribution is 7.89. The number of hydrogen-bond acceptors (Lipinski definition) is 5. The van der Waals surface area contributed by atoms with Gasteiger partial charge in [-0.3, -0.25) is 0 Å². The van der Waals surface area contributed by atoms with Crippen molar-refractivity contribution in [2.45, 2.75) is 31.1 Å². The molecular weight excluding hydrogens is 292 g/mol. The predicted octanol–water partition coefficient (Wildman–Crippen LogP) is 0.891. The first-order valence-electron chi connectivity index (χ1n) is 7.09. The number of aryl methyl sites for hydroxylation is 1. The molecule has 0 spiro atoms. The number of hydrogen-bond donors (Lipinski definition) is 3. The fraction of sp³-hybridized carbons (Fsp3) is 0.571. The zero-order chi connectivity index (χ0) is 15.5. The molecule has 1 aromatic rings. The highest BCUT2D eigenvalue weighted by Crippen LogP contribution is 2.34. The van der Waals surface area contributed by atoms with Crippen molar-refractivity contribution in [1.29, 1.82) is 0 Å². The Kier molecular flexibility index (Phi) is 5.08. The zero-order valence-corrected chi connectivity index (χ0v) is 12.9. The van der Waals surface area contributed by atoms with Gasteiger partial charge >= 0.3 is 0 Å². The molecule has 1 aliphatic heterocycles. The monoisotopic (exact) mass is 314 g/mol. The molecule has 0 radical (unpaired) electrons. The first-order chi connectivity index (χ1) is 9.94. The molecule has 0 amide bonds. The minimum absolute atomic E-state index is 0.0414. The summed E-state index contributed by atoms with van der Waals surface area (Å²) < 4.78 is 33.0. The Morgan fingerprint density at radius 2 is 2.24 bits per heavy atom. The van der Waals surface area contributed by atoms with E-state index in [1.54, 1.807) is 6.07 Å². The third-order valence-electron chi connectivity index (χ3n) is 3.52. The number of sulfonamides is 1. The van der Waals surface area contributed by atoms with E-state index in [0.29, 0.717) is 24.5 Å². The highest BCUT2D eigenvalue weighted by Gasteiger charge is 2.25. The molecule has 1 aliphatic rings. The number of aliphatic hydroxyl groups is 1. The summed E-state index contributed by atoms with van der Waals surface area (Å²) in [5, 5.41) is 8.86. The van der Waals surface area contributed by atoms with E-state index in [2.05, 4.69) is 4.72 Å². The average Bonchev–Trinajstić information content (AvgIpc) is 2.44. The third kappa shape index (κ3) is 3.87. The summed E-state index contributed by atoms with van der Waals surface area (Å²) in [6.45, 7) is 2.70. The number of nitrogen functional groups attached to an aromatic ring is 1. The van der Waals surface area contributed by atoms with Crippen LogP contribution >= 0.6 is 0 Å². The van der Waals surface area contributed by atoms with Gasteiger partial charge in [0, 0.05) is 18.8 Å². The first-order valence-corrected chi connectivity index (χ1v) is 8.58. The van der Waals surface area contributed by atoms with Crippen molar-refractivity contribution in [2.24, 2.45) is 5.92 Å². The Bertz CT molecular complexity index is 601. The molecule has 0 aliphatic carbocycles. The molecule has 1 atom stereocenters. The summed E-state index contributed by atoms with van der Waals surface area (Å²) >= 11 is 0. The van der Waals surface area contributed by atoms with E-state index in [9.17, 15) is 8.42 Å². The maximum atomic E-state index is 12.5. The maximum absolute atomic E-state index is 12.5. The van der Waals surface area contributed by atoms with Gasteiger partial charge < -0.3 is 15.6 Å². The second-order valence-electron chi connectivity index (χ2n) is 5.43. The number of fused-ring (bicyclic) bond motifs is 1. The molecule has 0 fully saturated rings. The normalized spacial score (nSPS) is 16.1. The molecule has 1 unspecified atom stereocenters. The average molecular weight is 314 g/mol. The van der Waals surface area contributed by atoms with Crippen LogP contribution in [0.2, 0.25) is 0 Å². The molecule has 7 heteroatoms. The molecule has 0 saturated heterocycles. The smallest absolute Gasteiger partial charge is 0.244 e. The largest absolute Gasteiger partial charge is 0.492 e. The fourth-order valence-electron chi connectivity index (χ4n) is 2.32. The Morgan fingerprint density at radius 3 is 2.95 bits per heavy atom. The zero-order valence-electron chi connectivity index (χ0n) is 12.1. The van der Waals surface area contributed by atoms with Gasteiger partial charge in [0.25, 0.3) is 0 Å². The topological polar surface area (TPSA) is 102 Å². The Labute approximate surface area is 125 Å². The van der Waals surface area contributed by atoms with Crippen LogP contribution in [0, 0.1) is 5.92 Å². The van der Waals surface area contributed by atoms with E-state index in [0.717, 1.165) is 18.4 Å². The SMILES string of the molecule is CC(CCO)CNS(=O)(=O)c1cc(N)cc2c1OCCC2. The van der Waals surface area contributed by atoms with Crippen LogP contribution in [-0.2, 0) is 16.4 Å². The quantitative estimate of drug-likeness (QED) is 0.677. The number of benzene rings is 1. The Balaban J connectivity index is 2.25. The molecule has 2 rings (SSSR count). The fourth-order valence-corrected chi connectivity index (χ4v) is 3.71. The van der Waals surface area contributed by atoms with E-state index >= 15 is 0 Å². The molecule has 1 aromatic carbocycles. The van der Waals surface area contributed by atoms with Crippen LogP contribution < -0.4 is 15.2 Å². The number of aliphatic hydroxyl groups excluding tert-OH is 1. The third-order valence-corrected chi connectivity index (χ3v) is 4.95. The second kappa shape index (κ2) is 6.64. The van der Waals surface area contributed by atoms with E-state index in [1.807, 2.05) is 6.92 Å². The summed E-state index contributed by atoms with van der Waals surface area (Å²) in [5.41, 5.74) is 7.06. The van der Waals surface area contributed by atoms with Gasteiger partial charge in [-0.2, -0.15) is 0 Å². The Hall–Kier alpha value is -1.31. The van der Waals surface area contributed by atoms with Crippen LogP contribution in [0.1, 0.15) is 25.3 Å². The minimum atomic E-state index is -3.67. The number of ether oxygens (including phenoxy) is 1. The van der Waals surface area contributed by atoms with E-state index < -0.39 is 10.0 Å². The molecule has 0 bridgehead atoms. The highest BCUT2D eigenvalue weighted by atomic mass is 32.2. The number of nitrogens with one attached hydrogen (secondary N) is 1. The molecule has 0 aromatic heterocycles. The lowest BCUT2D eigenvalue weighted by molar-refractivity contribution is 0.262. The van der Waals surface area contributed by atoms with Crippen molar-refractivity contribution in [3.8, 4) is 5.75 Å². The van der Waals surface area contributed by atoms with Crippen LogP contribution in [0.3, 0.4) is 0 Å². The lowest BCUT2D eigenvalue weighted by Gasteiger charge is -2.21. The summed E-state index contributed by atoms with van der Waals surface area (Å²) in [6.07, 6.45) is 2.18. The Morgan fingerprint density at radius 1 is 1.48 bits per heavy atom. The minimum Gasteiger partial charge on any atom is -0.492 e. The van der Waals surface area contributed by atoms with Crippen molar-refractivity contribution >= 4 is 15.7 Å². The number of nitrogens with two attached hydrogens (primary N) is 1. The summed E-state index contributed by atoms with van der Waals surface area (Å²) in [4.78, 5) is 0.105. The van der Waals surface area contributed by atoms with Gasteiger partial charge in [-0.25, -0.2) is 13.1 Å². The second-order valence-corrected chi connectivity index (χ2v) is 7.16. The molecule has 118 valence electrons. The summed E-state index contributed by atoms with van der Waals surface area (Å²) in [7, 11) is -3.67. The summed E-state index contributed by atoms with van der Waals surface area (Å²) in [6, 6.07) is 3.20. The molecular formula is C14H22N2O4S. The van der Waals surface area contributed by atoms with Crippen LogP contribution in [-0.4, -0.2) is 33.3 Å². The van der Waals surface area contributed by atoms with Crippen molar-refractivity contribution in [3.05, 3.63) is 17.7 Å². The number of rotatable bonds is 6. The van der Waals surface area contributed by atoms with Gasteiger partial charge in [-0.1, -0.05) is 6.92 Å². The van der Waals surface area contributed by atoms with E-state index in [4.69, 9.17) is 15.6 Å². The van der Waals surface area contributed by atoms with Crippen molar-refractivity contribution < 1.29 is 18.3 Å². The van der Waals surface area contributed by atoms with Gasteiger partial charge in [0.1, 0.15) is 10.6 Å². The number of anilines is 1. The first kappa shape index (κ1) is 16.1. The lowest BCUT2D eigenvalue weighted by Crippen LogP contribution is -2.30. The van der Waals surface area contributed by atoms with Gasteiger partial charge in [-0.05, 0) is 42.9 Å². The van der Waals surface area contributed by atoms with Crippen LogP contribution in [0.5, 0.6) is 5.75 Å².